The van der Waals surface area contributed by atoms with E-state index in [0.717, 1.165) is 25.1 Å². The molecule has 1 saturated carbocycles. The maximum absolute atomic E-state index is 12.6. The van der Waals surface area contributed by atoms with Gasteiger partial charge in [-0.05, 0) is 47.8 Å². The van der Waals surface area contributed by atoms with E-state index in [4.69, 9.17) is 5.73 Å². The minimum atomic E-state index is 0.124. The maximum atomic E-state index is 12.6. The predicted molar refractivity (Wildman–Crippen MR) is 85.2 cm³/mol. The van der Waals surface area contributed by atoms with E-state index >= 15 is 0 Å². The van der Waals surface area contributed by atoms with Gasteiger partial charge in [0.05, 0.1) is 0 Å². The second kappa shape index (κ2) is 5.13. The smallest absolute Gasteiger partial charge is 0.253 e. The Morgan fingerprint density at radius 3 is 2.38 bits per heavy atom. The lowest BCUT2D eigenvalue weighted by atomic mass is 9.86. The van der Waals surface area contributed by atoms with Crippen molar-refractivity contribution >= 4 is 5.91 Å². The summed E-state index contributed by atoms with van der Waals surface area (Å²) in [7, 11) is 0. The number of hydrogen-bond donors (Lipinski definition) is 1. The Hall–Kier alpha value is -1.35. The number of nitrogens with zero attached hydrogens (tertiary/aromatic N) is 1. The summed E-state index contributed by atoms with van der Waals surface area (Å²) in [6, 6.07) is 8.38. The Bertz CT molecular complexity index is 529. The summed E-state index contributed by atoms with van der Waals surface area (Å²) in [5.74, 6) is 1.30. The molecule has 0 bridgehead atoms. The van der Waals surface area contributed by atoms with Gasteiger partial charge < -0.3 is 10.6 Å². The molecule has 3 unspecified atom stereocenters. The summed E-state index contributed by atoms with van der Waals surface area (Å²) >= 11 is 0. The Labute approximate surface area is 127 Å². The first kappa shape index (κ1) is 14.6. The van der Waals surface area contributed by atoms with Gasteiger partial charge in [0.1, 0.15) is 0 Å². The predicted octanol–water partition coefficient (Wildman–Crippen LogP) is 2.79. The lowest BCUT2D eigenvalue weighted by molar-refractivity contribution is 0.0779. The summed E-state index contributed by atoms with van der Waals surface area (Å²) in [4.78, 5) is 14.6. The van der Waals surface area contributed by atoms with E-state index in [9.17, 15) is 4.79 Å². The second-order valence-electron chi connectivity index (χ2n) is 7.70. The largest absolute Gasteiger partial charge is 0.338 e. The number of fused-ring (bicyclic) bond motifs is 1. The van der Waals surface area contributed by atoms with Crippen molar-refractivity contribution in [1.29, 1.82) is 0 Å². The Balaban J connectivity index is 1.72. The average molecular weight is 286 g/mol. The molecule has 0 spiro atoms. The molecule has 2 fully saturated rings. The lowest BCUT2D eigenvalue weighted by Crippen LogP contribution is -2.33. The fourth-order valence-electron chi connectivity index (χ4n) is 3.77. The normalized spacial score (nSPS) is 28.8. The average Bonchev–Trinajstić information content (AvgIpc) is 3.00. The van der Waals surface area contributed by atoms with Crippen molar-refractivity contribution in [3.05, 3.63) is 35.4 Å². The molecule has 2 aliphatic rings. The lowest BCUT2D eigenvalue weighted by Gasteiger charge is -2.21. The van der Waals surface area contributed by atoms with Crippen LogP contribution in [0.25, 0.3) is 0 Å². The van der Waals surface area contributed by atoms with Gasteiger partial charge in [-0.1, -0.05) is 32.9 Å². The molecule has 2 N–H and O–H groups in total. The van der Waals surface area contributed by atoms with Gasteiger partial charge in [0, 0.05) is 24.7 Å². The first-order chi connectivity index (χ1) is 9.86. The molecule has 1 saturated heterocycles. The highest BCUT2D eigenvalue weighted by Crippen LogP contribution is 2.37. The summed E-state index contributed by atoms with van der Waals surface area (Å²) in [5.41, 5.74) is 8.34. The number of rotatable bonds is 1. The van der Waals surface area contributed by atoms with Crippen molar-refractivity contribution < 1.29 is 4.79 Å². The van der Waals surface area contributed by atoms with Crippen LogP contribution in [-0.2, 0) is 5.41 Å². The number of nitrogens with two attached hydrogens (primary N) is 1. The highest BCUT2D eigenvalue weighted by molar-refractivity contribution is 5.94. The zero-order valence-corrected chi connectivity index (χ0v) is 13.3. The van der Waals surface area contributed by atoms with Crippen LogP contribution in [0.1, 0.15) is 49.5 Å². The van der Waals surface area contributed by atoms with Crippen molar-refractivity contribution in [2.24, 2.45) is 17.6 Å². The van der Waals surface area contributed by atoms with Crippen LogP contribution < -0.4 is 5.73 Å². The summed E-state index contributed by atoms with van der Waals surface area (Å²) < 4.78 is 0. The van der Waals surface area contributed by atoms with Crippen molar-refractivity contribution in [3.8, 4) is 0 Å². The molecule has 1 aromatic rings. The third-order valence-corrected chi connectivity index (χ3v) is 5.20. The van der Waals surface area contributed by atoms with Crippen LogP contribution in [-0.4, -0.2) is 29.9 Å². The number of benzene rings is 1. The minimum absolute atomic E-state index is 0.124. The van der Waals surface area contributed by atoms with Gasteiger partial charge in [0.15, 0.2) is 0 Å². The van der Waals surface area contributed by atoms with Crippen LogP contribution in [0.5, 0.6) is 0 Å². The highest BCUT2D eigenvalue weighted by atomic mass is 16.2. The van der Waals surface area contributed by atoms with E-state index in [1.807, 2.05) is 17.0 Å². The molecule has 3 heteroatoms. The van der Waals surface area contributed by atoms with E-state index in [1.54, 1.807) is 0 Å². The van der Waals surface area contributed by atoms with Crippen molar-refractivity contribution in [2.75, 3.05) is 13.1 Å². The molecule has 0 radical (unpaired) electrons. The topological polar surface area (TPSA) is 46.3 Å². The molecule has 3 nitrogen and oxygen atoms in total. The minimum Gasteiger partial charge on any atom is -0.338 e. The molecule has 21 heavy (non-hydrogen) atoms. The van der Waals surface area contributed by atoms with Gasteiger partial charge in [-0.2, -0.15) is 0 Å². The van der Waals surface area contributed by atoms with Crippen LogP contribution in [0.2, 0.25) is 0 Å². The quantitative estimate of drug-likeness (QED) is 0.863. The standard InChI is InChI=1S/C18H26N2O/c1-18(2,3)14-7-4-12(5-8-14)17(21)20-10-13-6-9-16(19)15(13)11-20/h4-5,7-8,13,15-16H,6,9-11,19H2,1-3H3. The van der Waals surface area contributed by atoms with Crippen LogP contribution >= 0.6 is 0 Å². The molecular weight excluding hydrogens is 260 g/mol. The second-order valence-corrected chi connectivity index (χ2v) is 7.70. The first-order valence-corrected chi connectivity index (χ1v) is 8.01. The fraction of sp³-hybridized carbons (Fsp3) is 0.611. The van der Waals surface area contributed by atoms with E-state index in [-0.39, 0.29) is 17.4 Å². The van der Waals surface area contributed by atoms with Crippen molar-refractivity contribution in [3.63, 3.8) is 0 Å². The van der Waals surface area contributed by atoms with E-state index < -0.39 is 0 Å². The van der Waals surface area contributed by atoms with E-state index in [2.05, 4.69) is 32.9 Å². The van der Waals surface area contributed by atoms with Crippen molar-refractivity contribution in [1.82, 2.24) is 4.90 Å². The number of likely N-dealkylation sites (tertiary alicyclic amines) is 1. The Kier molecular flexibility index (Phi) is 3.56. The molecule has 3 rings (SSSR count). The van der Waals surface area contributed by atoms with Crippen LogP contribution in [0.15, 0.2) is 24.3 Å². The van der Waals surface area contributed by atoms with Crippen LogP contribution in [0.4, 0.5) is 0 Å². The van der Waals surface area contributed by atoms with Crippen LogP contribution in [0.3, 0.4) is 0 Å². The molecule has 3 atom stereocenters. The molecule has 1 heterocycles. The number of carbonyl (C=O) groups is 1. The third-order valence-electron chi connectivity index (χ3n) is 5.20. The Morgan fingerprint density at radius 1 is 1.14 bits per heavy atom. The summed E-state index contributed by atoms with van der Waals surface area (Å²) in [6.07, 6.45) is 2.30. The molecule has 0 aromatic heterocycles. The Morgan fingerprint density at radius 2 is 1.81 bits per heavy atom. The highest BCUT2D eigenvalue weighted by Gasteiger charge is 2.42. The molecule has 1 aliphatic heterocycles. The van der Waals surface area contributed by atoms with Gasteiger partial charge in [-0.3, -0.25) is 4.79 Å². The number of hydrogen-bond acceptors (Lipinski definition) is 2. The molecule has 1 aromatic carbocycles. The van der Waals surface area contributed by atoms with Gasteiger partial charge in [0.25, 0.3) is 5.91 Å². The SMILES string of the molecule is CC(C)(C)c1ccc(C(=O)N2CC3CCC(N)C3C2)cc1. The summed E-state index contributed by atoms with van der Waals surface area (Å²) in [6.45, 7) is 8.29. The third kappa shape index (κ3) is 2.71. The maximum Gasteiger partial charge on any atom is 0.253 e. The fourth-order valence-corrected chi connectivity index (χ4v) is 3.77. The molecular formula is C18H26N2O. The molecule has 1 aliphatic carbocycles. The molecule has 114 valence electrons. The van der Waals surface area contributed by atoms with Gasteiger partial charge in [0.2, 0.25) is 0 Å². The first-order valence-electron chi connectivity index (χ1n) is 8.01. The van der Waals surface area contributed by atoms with Crippen molar-refractivity contribution in [2.45, 2.75) is 45.1 Å². The monoisotopic (exact) mass is 286 g/mol. The van der Waals surface area contributed by atoms with Crippen LogP contribution in [0, 0.1) is 11.8 Å². The molecule has 1 amide bonds. The van der Waals surface area contributed by atoms with E-state index in [0.29, 0.717) is 11.8 Å². The zero-order chi connectivity index (χ0) is 15.2. The number of carbonyl (C=O) groups excluding carboxylic acids is 1. The number of amides is 1. The zero-order valence-electron chi connectivity index (χ0n) is 13.3. The van der Waals surface area contributed by atoms with Gasteiger partial charge in [-0.25, -0.2) is 0 Å². The van der Waals surface area contributed by atoms with Gasteiger partial charge >= 0.3 is 0 Å². The van der Waals surface area contributed by atoms with E-state index in [1.165, 1.54) is 12.0 Å². The summed E-state index contributed by atoms with van der Waals surface area (Å²) in [5, 5.41) is 0. The van der Waals surface area contributed by atoms with Gasteiger partial charge in [-0.15, -0.1) is 0 Å².